The predicted molar refractivity (Wildman–Crippen MR) is 44.1 cm³/mol. The molecule has 8 heteroatoms. The Morgan fingerprint density at radius 2 is 1.93 bits per heavy atom. The zero-order valence-electron chi connectivity index (χ0n) is 7.65. The molecule has 0 radical (unpaired) electrons. The van der Waals surface area contributed by atoms with Crippen LogP contribution in [0.15, 0.2) is 0 Å². The lowest BCUT2D eigenvalue weighted by Gasteiger charge is -2.44. The first-order valence-corrected chi connectivity index (χ1v) is 4.23. The number of carbonyl (C=O) groups is 1. The third-order valence-electron chi connectivity index (χ3n) is 2.23. The molecular weight excluding hydrogens is 210 g/mol. The second-order valence-electron chi connectivity index (χ2n) is 3.22. The maximum Gasteiger partial charge on any atom is 0.279 e. The summed E-state index contributed by atoms with van der Waals surface area (Å²) >= 11 is 0. The van der Waals surface area contributed by atoms with Gasteiger partial charge < -0.3 is 35.6 Å². The highest BCUT2D eigenvalue weighted by Crippen LogP contribution is 2.25. The minimum Gasteiger partial charge on any atom is -0.394 e. The van der Waals surface area contributed by atoms with E-state index in [9.17, 15) is 25.2 Å². The molecule has 1 amide bonds. The Morgan fingerprint density at radius 3 is 2.40 bits per heavy atom. The first kappa shape index (κ1) is 12.3. The highest BCUT2D eigenvalue weighted by Gasteiger charge is 2.52. The Bertz CT molecular complexity index is 235. The molecule has 1 aliphatic heterocycles. The van der Waals surface area contributed by atoms with Gasteiger partial charge in [0.05, 0.1) is 6.61 Å². The van der Waals surface area contributed by atoms with Crippen molar-refractivity contribution in [3.8, 4) is 0 Å². The molecule has 0 bridgehead atoms. The van der Waals surface area contributed by atoms with Crippen LogP contribution in [0.1, 0.15) is 0 Å². The van der Waals surface area contributed by atoms with E-state index in [0.717, 1.165) is 0 Å². The van der Waals surface area contributed by atoms with Crippen molar-refractivity contribution in [3.63, 3.8) is 0 Å². The van der Waals surface area contributed by atoms with Crippen molar-refractivity contribution in [3.05, 3.63) is 0 Å². The van der Waals surface area contributed by atoms with Crippen LogP contribution >= 0.6 is 0 Å². The molecule has 1 rings (SSSR count). The molecule has 0 aliphatic carbocycles. The van der Waals surface area contributed by atoms with Gasteiger partial charge in [-0.15, -0.1) is 0 Å². The van der Waals surface area contributed by atoms with E-state index in [0.29, 0.717) is 0 Å². The van der Waals surface area contributed by atoms with Gasteiger partial charge in [-0.2, -0.15) is 0 Å². The summed E-state index contributed by atoms with van der Waals surface area (Å²) in [5, 5.41) is 48.0. The van der Waals surface area contributed by atoms with Gasteiger partial charge in [-0.05, 0) is 0 Å². The molecule has 0 aromatic carbocycles. The Morgan fingerprint density at radius 1 is 1.33 bits per heavy atom. The van der Waals surface area contributed by atoms with E-state index in [2.05, 4.69) is 4.74 Å². The normalized spacial score (nSPS) is 46.2. The number of nitrogens with one attached hydrogen (secondary N) is 1. The van der Waals surface area contributed by atoms with Gasteiger partial charge in [0.15, 0.2) is 6.10 Å². The van der Waals surface area contributed by atoms with Crippen molar-refractivity contribution in [2.45, 2.75) is 30.3 Å². The van der Waals surface area contributed by atoms with Gasteiger partial charge in [0.1, 0.15) is 18.3 Å². The van der Waals surface area contributed by atoms with E-state index in [-0.39, 0.29) is 6.41 Å². The molecule has 1 aliphatic rings. The molecule has 88 valence electrons. The summed E-state index contributed by atoms with van der Waals surface area (Å²) in [7, 11) is 0. The summed E-state index contributed by atoms with van der Waals surface area (Å²) in [6.07, 6.45) is -6.46. The van der Waals surface area contributed by atoms with Gasteiger partial charge >= 0.3 is 0 Å². The third-order valence-corrected chi connectivity index (χ3v) is 2.23. The summed E-state index contributed by atoms with van der Waals surface area (Å²) in [6, 6.07) is 0. The zero-order valence-corrected chi connectivity index (χ0v) is 7.65. The summed E-state index contributed by atoms with van der Waals surface area (Å²) in [4.78, 5) is 10.1. The van der Waals surface area contributed by atoms with Gasteiger partial charge in [-0.25, -0.2) is 0 Å². The van der Waals surface area contributed by atoms with Crippen LogP contribution in [-0.4, -0.2) is 68.9 Å². The van der Waals surface area contributed by atoms with Gasteiger partial charge in [0.2, 0.25) is 6.41 Å². The van der Waals surface area contributed by atoms with Crippen molar-refractivity contribution in [1.82, 2.24) is 5.32 Å². The Kier molecular flexibility index (Phi) is 3.60. The lowest BCUT2D eigenvalue weighted by Crippen LogP contribution is -2.70. The second kappa shape index (κ2) is 4.39. The Labute approximate surface area is 84.7 Å². The number of ether oxygens (including phenoxy) is 1. The average Bonchev–Trinajstić information content (AvgIpc) is 2.21. The highest BCUT2D eigenvalue weighted by atomic mass is 16.7. The smallest absolute Gasteiger partial charge is 0.279 e. The largest absolute Gasteiger partial charge is 0.394 e. The SMILES string of the molecule is O=CN[C@@]1(O)O[C@H](CO)[C@H](O)[C@H](O)[C@H]1O. The number of carbonyl (C=O) groups excluding carboxylic acids is 1. The van der Waals surface area contributed by atoms with Crippen LogP contribution < -0.4 is 5.32 Å². The molecule has 0 aromatic heterocycles. The molecule has 1 heterocycles. The van der Waals surface area contributed by atoms with Crippen molar-refractivity contribution >= 4 is 6.41 Å². The molecule has 1 saturated heterocycles. The van der Waals surface area contributed by atoms with Crippen LogP contribution in [-0.2, 0) is 9.53 Å². The summed E-state index contributed by atoms with van der Waals surface area (Å²) in [5.74, 6) is -2.52. The Balaban J connectivity index is 2.86. The second-order valence-corrected chi connectivity index (χ2v) is 3.22. The summed E-state index contributed by atoms with van der Waals surface area (Å²) in [6.45, 7) is -0.687. The van der Waals surface area contributed by atoms with Crippen molar-refractivity contribution in [1.29, 1.82) is 0 Å². The van der Waals surface area contributed by atoms with Crippen LogP contribution in [0.5, 0.6) is 0 Å². The van der Waals surface area contributed by atoms with E-state index >= 15 is 0 Å². The average molecular weight is 223 g/mol. The number of aliphatic hydroxyl groups is 5. The van der Waals surface area contributed by atoms with E-state index in [1.165, 1.54) is 0 Å². The molecular formula is C7H13NO7. The van der Waals surface area contributed by atoms with Crippen molar-refractivity contribution in [2.24, 2.45) is 0 Å². The molecule has 0 saturated carbocycles. The van der Waals surface area contributed by atoms with Gasteiger partial charge in [0, 0.05) is 0 Å². The minimum absolute atomic E-state index is 0.0576. The van der Waals surface area contributed by atoms with Gasteiger partial charge in [0.25, 0.3) is 5.91 Å². The van der Waals surface area contributed by atoms with Gasteiger partial charge in [-0.3, -0.25) is 4.79 Å². The highest BCUT2D eigenvalue weighted by molar-refractivity contribution is 5.47. The molecule has 5 atom stereocenters. The molecule has 8 nitrogen and oxygen atoms in total. The standard InChI is InChI=1S/C7H13NO7/c9-1-3-4(11)5(12)6(13)7(14,15-3)8-2-10/h2-6,9,11-14H,1H2,(H,8,10)/t3-,4+,5+,6-,7+/m1/s1. The first-order chi connectivity index (χ1) is 6.96. The van der Waals surface area contributed by atoms with Crippen molar-refractivity contribution in [2.75, 3.05) is 6.61 Å². The molecule has 0 aromatic rings. The van der Waals surface area contributed by atoms with Crippen LogP contribution in [0.3, 0.4) is 0 Å². The quantitative estimate of drug-likeness (QED) is 0.211. The van der Waals surface area contributed by atoms with Crippen LogP contribution in [0.25, 0.3) is 0 Å². The zero-order chi connectivity index (χ0) is 11.6. The van der Waals surface area contributed by atoms with Crippen LogP contribution in [0.2, 0.25) is 0 Å². The number of amides is 1. The fourth-order valence-corrected chi connectivity index (χ4v) is 1.36. The number of hydrogen-bond donors (Lipinski definition) is 6. The van der Waals surface area contributed by atoms with Crippen LogP contribution in [0, 0.1) is 0 Å². The van der Waals surface area contributed by atoms with E-state index < -0.39 is 36.9 Å². The topological polar surface area (TPSA) is 139 Å². The van der Waals surface area contributed by atoms with Crippen molar-refractivity contribution < 1.29 is 35.1 Å². The maximum atomic E-state index is 10.1. The summed E-state index contributed by atoms with van der Waals surface area (Å²) in [5.41, 5.74) is 0. The lowest BCUT2D eigenvalue weighted by molar-refractivity contribution is -0.357. The fourth-order valence-electron chi connectivity index (χ4n) is 1.36. The first-order valence-electron chi connectivity index (χ1n) is 4.23. The predicted octanol–water partition coefficient (Wildman–Crippen LogP) is -4.15. The van der Waals surface area contributed by atoms with E-state index in [1.807, 2.05) is 0 Å². The van der Waals surface area contributed by atoms with E-state index in [4.69, 9.17) is 5.11 Å². The van der Waals surface area contributed by atoms with Gasteiger partial charge in [-0.1, -0.05) is 0 Å². The third kappa shape index (κ3) is 2.09. The van der Waals surface area contributed by atoms with E-state index in [1.54, 1.807) is 5.32 Å². The molecule has 6 N–H and O–H groups in total. The molecule has 15 heavy (non-hydrogen) atoms. The molecule has 0 unspecified atom stereocenters. The Hall–Kier alpha value is -0.770. The number of aliphatic hydroxyl groups excluding tert-OH is 4. The minimum atomic E-state index is -2.52. The lowest BCUT2D eigenvalue weighted by atomic mass is 9.97. The molecule has 0 spiro atoms. The maximum absolute atomic E-state index is 10.1. The monoisotopic (exact) mass is 223 g/mol. The molecule has 1 fully saturated rings. The number of hydrogen-bond acceptors (Lipinski definition) is 7. The summed E-state index contributed by atoms with van der Waals surface area (Å²) < 4.78 is 4.66. The fraction of sp³-hybridized carbons (Fsp3) is 0.857. The number of rotatable bonds is 3. The van der Waals surface area contributed by atoms with Crippen LogP contribution in [0.4, 0.5) is 0 Å².